The molecular weight excluding hydrogens is 340 g/mol. The number of unbranched alkanes of at least 4 members (excludes halogenated alkanes) is 1. The van der Waals surface area contributed by atoms with Gasteiger partial charge in [0.15, 0.2) is 0 Å². The number of aliphatic hydroxyl groups is 1. The van der Waals surface area contributed by atoms with Crippen LogP contribution in [0.3, 0.4) is 0 Å². The molecule has 6 nitrogen and oxygen atoms in total. The first kappa shape index (κ1) is 17.2. The Kier molecular flexibility index (Phi) is 4.80. The number of rotatable bonds is 6. The lowest BCUT2D eigenvalue weighted by Crippen LogP contribution is -2.04. The fourth-order valence-electron chi connectivity index (χ4n) is 3.31. The lowest BCUT2D eigenvalue weighted by molar-refractivity contribution is 0.285. The molecular formula is C21H20N4O2. The van der Waals surface area contributed by atoms with Crippen molar-refractivity contribution in [3.8, 4) is 11.3 Å². The van der Waals surface area contributed by atoms with E-state index in [0.717, 1.165) is 53.1 Å². The number of fused-ring (bicyclic) bond motifs is 1. The Labute approximate surface area is 156 Å². The molecule has 1 aromatic carbocycles. The highest BCUT2D eigenvalue weighted by atomic mass is 16.2. The number of nitrogens with zero attached hydrogens (tertiary/aromatic N) is 2. The molecule has 0 aliphatic carbocycles. The van der Waals surface area contributed by atoms with E-state index in [1.54, 1.807) is 12.4 Å². The minimum Gasteiger partial charge on any atom is -0.396 e. The molecule has 0 amide bonds. The van der Waals surface area contributed by atoms with Gasteiger partial charge < -0.3 is 5.11 Å². The molecule has 0 bridgehead atoms. The zero-order chi connectivity index (χ0) is 18.6. The highest BCUT2D eigenvalue weighted by Crippen LogP contribution is 2.37. The van der Waals surface area contributed by atoms with E-state index in [-0.39, 0.29) is 12.2 Å². The summed E-state index contributed by atoms with van der Waals surface area (Å²) in [5.41, 5.74) is 5.87. The summed E-state index contributed by atoms with van der Waals surface area (Å²) < 4.78 is 0. The first-order chi connectivity index (χ1) is 13.3. The summed E-state index contributed by atoms with van der Waals surface area (Å²) in [6.45, 7) is 0.170. The molecule has 3 N–H and O–H groups in total. The normalized spacial score (nSPS) is 14.4. The Balaban J connectivity index is 1.79. The molecule has 4 rings (SSSR count). The number of pyridine rings is 1. The third-order valence-corrected chi connectivity index (χ3v) is 4.65. The molecule has 0 radical (unpaired) electrons. The molecule has 6 heteroatoms. The summed E-state index contributed by atoms with van der Waals surface area (Å²) in [6, 6.07) is 11.7. The van der Waals surface area contributed by atoms with Crippen molar-refractivity contribution in [3.05, 3.63) is 70.3 Å². The molecule has 3 aromatic rings. The van der Waals surface area contributed by atoms with Gasteiger partial charge in [-0.25, -0.2) is 0 Å². The Hall–Kier alpha value is -3.25. The van der Waals surface area contributed by atoms with Crippen LogP contribution >= 0.6 is 0 Å². The highest BCUT2D eigenvalue weighted by Gasteiger charge is 2.21. The number of aliphatic hydroxyl groups excluding tert-OH is 1. The fraction of sp³-hybridized carbons (Fsp3) is 0.190. The smallest absolute Gasteiger partial charge is 0.271 e. The molecule has 1 aliphatic heterocycles. The van der Waals surface area contributed by atoms with Crippen LogP contribution in [0.1, 0.15) is 30.4 Å². The molecule has 0 fully saturated rings. The van der Waals surface area contributed by atoms with Crippen molar-refractivity contribution >= 4 is 23.0 Å². The van der Waals surface area contributed by atoms with Crippen molar-refractivity contribution in [2.45, 2.75) is 19.3 Å². The minimum absolute atomic E-state index is 0.170. The van der Waals surface area contributed by atoms with E-state index in [0.29, 0.717) is 5.56 Å². The number of para-hydroxylation sites is 1. The van der Waals surface area contributed by atoms with Crippen molar-refractivity contribution in [3.63, 3.8) is 0 Å². The van der Waals surface area contributed by atoms with Gasteiger partial charge in [0, 0.05) is 41.4 Å². The van der Waals surface area contributed by atoms with Gasteiger partial charge >= 0.3 is 0 Å². The monoisotopic (exact) mass is 360 g/mol. The Morgan fingerprint density at radius 2 is 1.85 bits per heavy atom. The molecule has 0 saturated heterocycles. The van der Waals surface area contributed by atoms with Gasteiger partial charge in [0.25, 0.3) is 5.56 Å². The van der Waals surface area contributed by atoms with Crippen molar-refractivity contribution in [2.75, 3.05) is 6.61 Å². The Morgan fingerprint density at radius 1 is 1.04 bits per heavy atom. The van der Waals surface area contributed by atoms with Gasteiger partial charge in [0.1, 0.15) is 0 Å². The largest absolute Gasteiger partial charge is 0.396 e. The van der Waals surface area contributed by atoms with Gasteiger partial charge in [-0.2, -0.15) is 0 Å². The molecule has 2 aromatic heterocycles. The number of benzene rings is 1. The van der Waals surface area contributed by atoms with E-state index in [1.165, 1.54) is 0 Å². The lowest BCUT2D eigenvalue weighted by Gasteiger charge is -2.06. The van der Waals surface area contributed by atoms with Crippen LogP contribution in [0.2, 0.25) is 0 Å². The first-order valence-corrected chi connectivity index (χ1v) is 8.99. The highest BCUT2D eigenvalue weighted by molar-refractivity contribution is 6.32. The Bertz CT molecular complexity index is 1060. The number of aromatic amines is 2. The summed E-state index contributed by atoms with van der Waals surface area (Å²) >= 11 is 0. The van der Waals surface area contributed by atoms with Crippen LogP contribution in [0.15, 0.2) is 58.6 Å². The zero-order valence-corrected chi connectivity index (χ0v) is 14.8. The first-order valence-electron chi connectivity index (χ1n) is 8.99. The van der Waals surface area contributed by atoms with Crippen molar-refractivity contribution in [1.82, 2.24) is 15.2 Å². The lowest BCUT2D eigenvalue weighted by atomic mass is 9.96. The van der Waals surface area contributed by atoms with Gasteiger partial charge in [0.2, 0.25) is 0 Å². The van der Waals surface area contributed by atoms with E-state index < -0.39 is 0 Å². The second-order valence-corrected chi connectivity index (χ2v) is 6.42. The number of nitrogens with one attached hydrogen (secondary N) is 2. The van der Waals surface area contributed by atoms with Crippen molar-refractivity contribution in [1.29, 1.82) is 0 Å². The maximum absolute atomic E-state index is 12.5. The second-order valence-electron chi connectivity index (χ2n) is 6.42. The van der Waals surface area contributed by atoms with Crippen LogP contribution in [0.5, 0.6) is 0 Å². The topological polar surface area (TPSA) is 94.1 Å². The van der Waals surface area contributed by atoms with Crippen molar-refractivity contribution in [2.24, 2.45) is 4.99 Å². The maximum Gasteiger partial charge on any atom is 0.271 e. The van der Waals surface area contributed by atoms with Gasteiger partial charge in [-0.3, -0.25) is 25.0 Å². The Morgan fingerprint density at radius 3 is 2.67 bits per heavy atom. The minimum atomic E-state index is -0.173. The molecule has 0 unspecified atom stereocenters. The van der Waals surface area contributed by atoms with Gasteiger partial charge in [-0.15, -0.1) is 0 Å². The molecule has 27 heavy (non-hydrogen) atoms. The fourth-order valence-corrected chi connectivity index (χ4v) is 3.31. The number of aliphatic imine (C=N–C) groups is 1. The third kappa shape index (κ3) is 3.39. The standard InChI is InChI=1S/C21H20N4O2/c26-12-4-3-7-19-16(15-5-1-2-6-18(15)23-19)13-17-20(24-25-21(17)27)14-8-10-22-11-9-14/h1-2,5-6,8-11,13,26H,3-4,7,12H2,(H2,24,25,27). The molecule has 0 spiro atoms. The van der Waals surface area contributed by atoms with E-state index in [9.17, 15) is 4.79 Å². The quantitative estimate of drug-likeness (QED) is 0.587. The zero-order valence-electron chi connectivity index (χ0n) is 14.8. The number of hydrogen-bond donors (Lipinski definition) is 3. The summed E-state index contributed by atoms with van der Waals surface area (Å²) in [5.74, 6) is 0. The third-order valence-electron chi connectivity index (χ3n) is 4.65. The number of H-pyrrole nitrogens is 2. The van der Waals surface area contributed by atoms with E-state index in [4.69, 9.17) is 10.1 Å². The van der Waals surface area contributed by atoms with Gasteiger partial charge in [0.05, 0.1) is 16.9 Å². The van der Waals surface area contributed by atoms with Crippen LogP contribution in [0.4, 0.5) is 5.69 Å². The van der Waals surface area contributed by atoms with Gasteiger partial charge in [-0.05, 0) is 43.5 Å². The number of allylic oxidation sites excluding steroid dienone is 1. The van der Waals surface area contributed by atoms with Crippen LogP contribution in [0, 0.1) is 0 Å². The van der Waals surface area contributed by atoms with Crippen LogP contribution in [-0.4, -0.2) is 32.6 Å². The maximum atomic E-state index is 12.5. The summed E-state index contributed by atoms with van der Waals surface area (Å²) in [5, 5.41) is 14.7. The molecule has 136 valence electrons. The number of aromatic nitrogens is 3. The predicted octanol–water partition coefficient (Wildman–Crippen LogP) is 3.55. The SMILES string of the molecule is O=c1[nH][nH]c(-c2ccncc2)c1C=C1C(CCCCO)=Nc2ccccc21. The molecule has 1 aliphatic rings. The molecule has 0 saturated carbocycles. The summed E-state index contributed by atoms with van der Waals surface area (Å²) in [6.07, 6.45) is 7.65. The number of hydrogen-bond acceptors (Lipinski definition) is 4. The molecule has 0 atom stereocenters. The van der Waals surface area contributed by atoms with E-state index >= 15 is 0 Å². The van der Waals surface area contributed by atoms with Crippen LogP contribution in [-0.2, 0) is 0 Å². The van der Waals surface area contributed by atoms with Crippen molar-refractivity contribution < 1.29 is 5.11 Å². The van der Waals surface area contributed by atoms with E-state index in [1.807, 2.05) is 42.5 Å². The average molecular weight is 360 g/mol. The summed E-state index contributed by atoms with van der Waals surface area (Å²) in [4.78, 5) is 21.2. The second kappa shape index (κ2) is 7.55. The average Bonchev–Trinajstić information content (AvgIpc) is 3.24. The van der Waals surface area contributed by atoms with E-state index in [2.05, 4.69) is 15.2 Å². The van der Waals surface area contributed by atoms with Crippen LogP contribution in [0.25, 0.3) is 22.9 Å². The summed E-state index contributed by atoms with van der Waals surface area (Å²) in [7, 11) is 0. The van der Waals surface area contributed by atoms with Crippen LogP contribution < -0.4 is 5.56 Å². The predicted molar refractivity (Wildman–Crippen MR) is 107 cm³/mol. The molecule has 3 heterocycles. The van der Waals surface area contributed by atoms with Gasteiger partial charge in [-0.1, -0.05) is 18.2 Å².